The normalized spacial score (nSPS) is 19.7. The number of unbranched alkanes of at least 4 members (excludes halogenated alkanes) is 1. The number of rotatable bonds is 7. The Morgan fingerprint density at radius 2 is 2.03 bits per heavy atom. The fourth-order valence-corrected chi connectivity index (χ4v) is 4.07. The highest BCUT2D eigenvalue weighted by Gasteiger charge is 2.55. The maximum Gasteiger partial charge on any atom is 0.351 e. The van der Waals surface area contributed by atoms with Gasteiger partial charge in [0.05, 0.1) is 7.05 Å². The van der Waals surface area contributed by atoms with E-state index in [2.05, 4.69) is 11.9 Å². The molecule has 1 aromatic heterocycles. The summed E-state index contributed by atoms with van der Waals surface area (Å²) in [4.78, 5) is 16.3. The van der Waals surface area contributed by atoms with Crippen molar-refractivity contribution in [1.82, 2.24) is 4.98 Å². The van der Waals surface area contributed by atoms with Crippen LogP contribution in [0.25, 0.3) is 0 Å². The minimum atomic E-state index is -2.89. The Hall–Kier alpha value is -1.80. The largest absolute Gasteiger partial charge is 1.00 e. The van der Waals surface area contributed by atoms with Gasteiger partial charge < -0.3 is 26.8 Å². The van der Waals surface area contributed by atoms with Gasteiger partial charge in [-0.1, -0.05) is 43.7 Å². The van der Waals surface area contributed by atoms with Crippen molar-refractivity contribution in [2.24, 2.45) is 13.0 Å². The number of H-pyrrole nitrogens is 1. The van der Waals surface area contributed by atoms with E-state index in [9.17, 15) is 18.7 Å². The Morgan fingerprint density at radius 1 is 1.37 bits per heavy atom. The molecule has 5 nitrogen and oxygen atoms in total. The van der Waals surface area contributed by atoms with Gasteiger partial charge in [0.2, 0.25) is 5.92 Å². The summed E-state index contributed by atoms with van der Waals surface area (Å²) in [6.45, 7) is 3.92. The summed E-state index contributed by atoms with van der Waals surface area (Å²) in [5, 5.41) is 11.5. The predicted octanol–water partition coefficient (Wildman–Crippen LogP) is 0.723. The predicted molar refractivity (Wildman–Crippen MR) is 104 cm³/mol. The van der Waals surface area contributed by atoms with Gasteiger partial charge in [-0.3, -0.25) is 0 Å². The van der Waals surface area contributed by atoms with E-state index in [1.165, 1.54) is 0 Å². The van der Waals surface area contributed by atoms with E-state index in [-0.39, 0.29) is 41.3 Å². The number of nitrogens with one attached hydrogen (secondary N) is 1. The third-order valence-corrected chi connectivity index (χ3v) is 5.95. The van der Waals surface area contributed by atoms with Crippen molar-refractivity contribution in [3.8, 4) is 5.88 Å². The van der Waals surface area contributed by atoms with E-state index in [1.54, 1.807) is 30.3 Å². The second kappa shape index (κ2) is 9.56. The number of aromatic nitrogens is 2. The second-order valence-electron chi connectivity index (χ2n) is 7.97. The summed E-state index contributed by atoms with van der Waals surface area (Å²) in [5.74, 6) is -3.67. The number of aliphatic hydroxyl groups is 1. The van der Waals surface area contributed by atoms with Crippen LogP contribution in [0, 0.1) is 12.8 Å². The molecule has 0 amide bonds. The third-order valence-electron chi connectivity index (χ3n) is 5.95. The third kappa shape index (κ3) is 4.75. The Bertz CT molecular complexity index is 873. The first-order valence-corrected chi connectivity index (χ1v) is 10.1. The average molecular weight is 487 g/mol. The lowest BCUT2D eigenvalue weighted by molar-refractivity contribution is -0.683. The number of carbonyl (C=O) groups excluding carboxylic acids is 1. The molecule has 8 heteroatoms. The Kier molecular flexibility index (Phi) is 7.80. The highest BCUT2D eigenvalue weighted by atomic mass is 79.9. The van der Waals surface area contributed by atoms with Crippen LogP contribution in [-0.2, 0) is 23.9 Å². The fraction of sp³-hybridized carbons (Fsp3) is 0.545. The van der Waals surface area contributed by atoms with Gasteiger partial charge in [0.1, 0.15) is 0 Å². The zero-order valence-corrected chi connectivity index (χ0v) is 19.1. The number of aryl methyl sites for hydroxylation is 1. The van der Waals surface area contributed by atoms with Gasteiger partial charge >= 0.3 is 11.8 Å². The molecule has 1 aliphatic rings. The van der Waals surface area contributed by atoms with Gasteiger partial charge in [-0.05, 0) is 18.4 Å². The molecule has 0 saturated heterocycles. The lowest BCUT2D eigenvalue weighted by Gasteiger charge is -2.31. The molecule has 0 radical (unpaired) electrons. The first kappa shape index (κ1) is 24.5. The first-order chi connectivity index (χ1) is 13.7. The number of carbonyl (C=O) groups is 1. The van der Waals surface area contributed by atoms with Gasteiger partial charge in [0.25, 0.3) is 5.82 Å². The lowest BCUT2D eigenvalue weighted by atomic mass is 9.80. The molecule has 1 aliphatic carbocycles. The van der Waals surface area contributed by atoms with Gasteiger partial charge in [-0.25, -0.2) is 23.1 Å². The number of hydrogen-bond acceptors (Lipinski definition) is 3. The number of halogens is 3. The highest BCUT2D eigenvalue weighted by Crippen LogP contribution is 2.48. The van der Waals surface area contributed by atoms with Crippen LogP contribution >= 0.6 is 0 Å². The molecule has 166 valence electrons. The van der Waals surface area contributed by atoms with Crippen LogP contribution in [0.4, 0.5) is 8.78 Å². The molecule has 0 spiro atoms. The molecule has 0 bridgehead atoms. The second-order valence-corrected chi connectivity index (χ2v) is 7.97. The Morgan fingerprint density at radius 3 is 2.60 bits per heavy atom. The van der Waals surface area contributed by atoms with Gasteiger partial charge in [-0.2, -0.15) is 0 Å². The number of alkyl halides is 2. The molecule has 2 atom stereocenters. The van der Waals surface area contributed by atoms with Crippen molar-refractivity contribution in [1.29, 1.82) is 0 Å². The van der Waals surface area contributed by atoms with Crippen LogP contribution in [0.5, 0.6) is 5.88 Å². The van der Waals surface area contributed by atoms with Crippen molar-refractivity contribution in [2.45, 2.75) is 63.9 Å². The van der Waals surface area contributed by atoms with Crippen LogP contribution in [0.15, 0.2) is 30.3 Å². The topological polar surface area (TPSA) is 66.2 Å². The molecule has 2 N–H and O–H groups in total. The van der Waals surface area contributed by atoms with Crippen LogP contribution in [-0.4, -0.2) is 22.0 Å². The van der Waals surface area contributed by atoms with Crippen LogP contribution in [0.1, 0.15) is 56.1 Å². The minimum absolute atomic E-state index is 0. The SMILES string of the molecule is CCCCc1c(OC(=O)[C@](O)(c2ccccc2)[C@@H]2CCC(F)(F)C2)[nH]c(C)[n+]1C.[Br-]. The number of nitrogens with zero attached hydrogens (tertiary/aromatic N) is 1. The molecule has 0 aliphatic heterocycles. The molecule has 0 unspecified atom stereocenters. The standard InChI is InChI=1S/C22H28F2N2O3.BrH/c1-4-5-11-18-19(25-15(2)26(18)3)29-20(27)22(28,16-9-7-6-8-10-16)17-12-13-21(23,24)14-17;/h6-10,17,28H,4-5,11-14H2,1-3H3;1H/t17-,22+;/m1./s1. The Balaban J connectivity index is 0.00000320. The smallest absolute Gasteiger partial charge is 0.351 e. The van der Waals surface area contributed by atoms with Crippen molar-refractivity contribution in [3.63, 3.8) is 0 Å². The number of esters is 1. The van der Waals surface area contributed by atoms with Crippen molar-refractivity contribution in [3.05, 3.63) is 47.4 Å². The van der Waals surface area contributed by atoms with E-state index >= 15 is 0 Å². The average Bonchev–Trinajstić information content (AvgIpc) is 3.19. The fourth-order valence-electron chi connectivity index (χ4n) is 4.07. The number of ether oxygens (including phenoxy) is 1. The molecule has 1 fully saturated rings. The summed E-state index contributed by atoms with van der Waals surface area (Å²) in [6.07, 6.45) is 1.74. The number of imidazole rings is 1. The van der Waals surface area contributed by atoms with Gasteiger partial charge in [0, 0.05) is 32.1 Å². The molecule has 30 heavy (non-hydrogen) atoms. The van der Waals surface area contributed by atoms with E-state index in [1.807, 2.05) is 18.5 Å². The van der Waals surface area contributed by atoms with E-state index in [0.29, 0.717) is 6.42 Å². The van der Waals surface area contributed by atoms with Crippen molar-refractivity contribution in [2.75, 3.05) is 0 Å². The van der Waals surface area contributed by atoms with Crippen molar-refractivity contribution >= 4 is 5.97 Å². The van der Waals surface area contributed by atoms with Crippen LogP contribution < -0.4 is 26.3 Å². The molecule has 3 rings (SSSR count). The van der Waals surface area contributed by atoms with E-state index in [4.69, 9.17) is 4.74 Å². The molecular weight excluding hydrogens is 458 g/mol. The van der Waals surface area contributed by atoms with Gasteiger partial charge in [0.15, 0.2) is 11.3 Å². The monoisotopic (exact) mass is 486 g/mol. The summed E-state index contributed by atoms with van der Waals surface area (Å²) < 4.78 is 35.4. The van der Waals surface area contributed by atoms with Crippen molar-refractivity contribution < 1.29 is 45.0 Å². The number of aromatic amines is 1. The lowest BCUT2D eigenvalue weighted by Crippen LogP contribution is -3.00. The molecule has 1 aromatic carbocycles. The number of hydrogen-bond donors (Lipinski definition) is 2. The minimum Gasteiger partial charge on any atom is -1.00 e. The molecule has 1 saturated carbocycles. The number of benzene rings is 1. The summed E-state index contributed by atoms with van der Waals surface area (Å²) >= 11 is 0. The van der Waals surface area contributed by atoms with Crippen LogP contribution in [0.3, 0.4) is 0 Å². The maximum atomic E-state index is 13.9. The Labute approximate surface area is 186 Å². The zero-order valence-electron chi connectivity index (χ0n) is 17.6. The summed E-state index contributed by atoms with van der Waals surface area (Å²) in [5.41, 5.74) is -1.05. The first-order valence-electron chi connectivity index (χ1n) is 10.1. The van der Waals surface area contributed by atoms with E-state index < -0.39 is 29.8 Å². The summed E-state index contributed by atoms with van der Waals surface area (Å²) in [6, 6.07) is 8.25. The zero-order chi connectivity index (χ0) is 21.2. The van der Waals surface area contributed by atoms with E-state index in [0.717, 1.165) is 24.4 Å². The molecule has 2 aromatic rings. The highest BCUT2D eigenvalue weighted by molar-refractivity contribution is 5.83. The molecule has 1 heterocycles. The van der Waals surface area contributed by atoms with Gasteiger partial charge in [-0.15, -0.1) is 0 Å². The maximum absolute atomic E-state index is 13.9. The van der Waals surface area contributed by atoms with Crippen LogP contribution in [0.2, 0.25) is 0 Å². The summed E-state index contributed by atoms with van der Waals surface area (Å²) in [7, 11) is 1.87. The quantitative estimate of drug-likeness (QED) is 0.447. The molecular formula is C22H29BrF2N2O3.